The number of ether oxygens (including phenoxy) is 2. The third kappa shape index (κ3) is 5.21. The molecular weight excluding hydrogens is 336 g/mol. The fourth-order valence-corrected chi connectivity index (χ4v) is 2.20. The normalized spacial score (nSPS) is 10.3. The molecule has 0 atom stereocenters. The highest BCUT2D eigenvalue weighted by atomic mass is 79.9. The van der Waals surface area contributed by atoms with Gasteiger partial charge in [-0.2, -0.15) is 0 Å². The van der Waals surface area contributed by atoms with Crippen LogP contribution in [0.3, 0.4) is 0 Å². The Kier molecular flexibility index (Phi) is 5.78. The average Bonchev–Trinajstić information content (AvgIpc) is 2.47. The first-order valence-corrected chi connectivity index (χ1v) is 7.23. The van der Waals surface area contributed by atoms with Gasteiger partial charge in [0.1, 0.15) is 12.4 Å². The standard InChI is InChI=1S/C16H15BrO4/c17-14-5-1-3-12(9-14)11-20-7-8-21-15-6-2-4-13(10-15)16(18)19/h1-6,9-10H,7-8,11H2,(H,18,19). The van der Waals surface area contributed by atoms with Gasteiger partial charge in [0.15, 0.2) is 0 Å². The van der Waals surface area contributed by atoms with E-state index in [4.69, 9.17) is 14.6 Å². The van der Waals surface area contributed by atoms with Crippen molar-refractivity contribution in [2.75, 3.05) is 13.2 Å². The van der Waals surface area contributed by atoms with Crippen molar-refractivity contribution in [2.24, 2.45) is 0 Å². The van der Waals surface area contributed by atoms with Gasteiger partial charge in [-0.3, -0.25) is 0 Å². The minimum absolute atomic E-state index is 0.211. The highest BCUT2D eigenvalue weighted by molar-refractivity contribution is 9.10. The largest absolute Gasteiger partial charge is 0.491 e. The summed E-state index contributed by atoms with van der Waals surface area (Å²) in [6, 6.07) is 14.3. The molecule has 0 aliphatic carbocycles. The van der Waals surface area contributed by atoms with Crippen LogP contribution in [-0.2, 0) is 11.3 Å². The van der Waals surface area contributed by atoms with E-state index in [0.29, 0.717) is 25.6 Å². The van der Waals surface area contributed by atoms with E-state index in [2.05, 4.69) is 15.9 Å². The molecule has 21 heavy (non-hydrogen) atoms. The van der Waals surface area contributed by atoms with E-state index < -0.39 is 5.97 Å². The van der Waals surface area contributed by atoms with Gasteiger partial charge in [-0.1, -0.05) is 34.1 Å². The summed E-state index contributed by atoms with van der Waals surface area (Å²) in [6.45, 7) is 1.32. The van der Waals surface area contributed by atoms with E-state index in [1.165, 1.54) is 12.1 Å². The third-order valence-electron chi connectivity index (χ3n) is 2.74. The molecule has 5 heteroatoms. The Bertz CT molecular complexity index is 613. The summed E-state index contributed by atoms with van der Waals surface area (Å²) in [7, 11) is 0. The molecule has 0 aromatic heterocycles. The highest BCUT2D eigenvalue weighted by Crippen LogP contribution is 2.14. The number of carbonyl (C=O) groups is 1. The molecule has 1 N–H and O–H groups in total. The number of aromatic carboxylic acids is 1. The SMILES string of the molecule is O=C(O)c1cccc(OCCOCc2cccc(Br)c2)c1. The number of rotatable bonds is 7. The number of hydrogen-bond acceptors (Lipinski definition) is 3. The van der Waals surface area contributed by atoms with Gasteiger partial charge < -0.3 is 14.6 Å². The topological polar surface area (TPSA) is 55.8 Å². The summed E-state index contributed by atoms with van der Waals surface area (Å²) >= 11 is 3.41. The molecule has 0 fully saturated rings. The second-order valence-corrected chi connectivity index (χ2v) is 5.28. The maximum absolute atomic E-state index is 10.8. The first kappa shape index (κ1) is 15.5. The number of benzene rings is 2. The molecule has 110 valence electrons. The van der Waals surface area contributed by atoms with Crippen LogP contribution in [0.5, 0.6) is 5.75 Å². The molecule has 0 bridgehead atoms. The van der Waals surface area contributed by atoms with Gasteiger partial charge in [0.25, 0.3) is 0 Å². The van der Waals surface area contributed by atoms with Crippen LogP contribution < -0.4 is 4.74 Å². The van der Waals surface area contributed by atoms with Gasteiger partial charge in [0.05, 0.1) is 18.8 Å². The van der Waals surface area contributed by atoms with Gasteiger partial charge in [-0.15, -0.1) is 0 Å². The zero-order chi connectivity index (χ0) is 15.1. The molecule has 0 saturated carbocycles. The number of carboxylic acids is 1. The first-order valence-electron chi connectivity index (χ1n) is 6.43. The fraction of sp³-hybridized carbons (Fsp3) is 0.188. The molecule has 0 aliphatic rings. The lowest BCUT2D eigenvalue weighted by atomic mass is 10.2. The summed E-state index contributed by atoms with van der Waals surface area (Å²) in [6.07, 6.45) is 0. The predicted octanol–water partition coefficient (Wildman–Crippen LogP) is 3.74. The Morgan fingerprint density at radius 1 is 1.10 bits per heavy atom. The summed E-state index contributed by atoms with van der Waals surface area (Å²) in [5.41, 5.74) is 1.29. The minimum Gasteiger partial charge on any atom is -0.491 e. The van der Waals surface area contributed by atoms with Crippen molar-refractivity contribution >= 4 is 21.9 Å². The van der Waals surface area contributed by atoms with Crippen molar-refractivity contribution in [2.45, 2.75) is 6.61 Å². The van der Waals surface area contributed by atoms with E-state index in [-0.39, 0.29) is 5.56 Å². The summed E-state index contributed by atoms with van der Waals surface area (Å²) < 4.78 is 12.0. The van der Waals surface area contributed by atoms with Gasteiger partial charge in [-0.05, 0) is 35.9 Å². The van der Waals surface area contributed by atoms with Crippen LogP contribution in [0.15, 0.2) is 53.0 Å². The molecule has 0 aliphatic heterocycles. The number of halogens is 1. The molecular formula is C16H15BrO4. The molecule has 0 radical (unpaired) electrons. The second kappa shape index (κ2) is 7.81. The van der Waals surface area contributed by atoms with Crippen molar-refractivity contribution in [3.05, 3.63) is 64.1 Å². The zero-order valence-corrected chi connectivity index (χ0v) is 12.9. The maximum atomic E-state index is 10.8. The van der Waals surface area contributed by atoms with E-state index in [1.807, 2.05) is 24.3 Å². The first-order chi connectivity index (χ1) is 10.1. The number of hydrogen-bond donors (Lipinski definition) is 1. The molecule has 2 rings (SSSR count). The van der Waals surface area contributed by atoms with Crippen LogP contribution in [0, 0.1) is 0 Å². The van der Waals surface area contributed by atoms with Crippen molar-refractivity contribution in [1.82, 2.24) is 0 Å². The van der Waals surface area contributed by atoms with Crippen molar-refractivity contribution in [1.29, 1.82) is 0 Å². The minimum atomic E-state index is -0.966. The average molecular weight is 351 g/mol. The third-order valence-corrected chi connectivity index (χ3v) is 3.23. The maximum Gasteiger partial charge on any atom is 0.335 e. The van der Waals surface area contributed by atoms with Crippen molar-refractivity contribution in [3.63, 3.8) is 0 Å². The van der Waals surface area contributed by atoms with Gasteiger partial charge in [-0.25, -0.2) is 4.79 Å². The lowest BCUT2D eigenvalue weighted by Gasteiger charge is -2.08. The lowest BCUT2D eigenvalue weighted by Crippen LogP contribution is -2.07. The fourth-order valence-electron chi connectivity index (χ4n) is 1.75. The number of carboxylic acid groups (broad SMARTS) is 1. The molecule has 0 saturated heterocycles. The molecule has 0 amide bonds. The smallest absolute Gasteiger partial charge is 0.335 e. The Labute approximate surface area is 131 Å². The molecule has 2 aromatic rings. The lowest BCUT2D eigenvalue weighted by molar-refractivity contribution is 0.0695. The molecule has 2 aromatic carbocycles. The van der Waals surface area contributed by atoms with Crippen LogP contribution in [0.25, 0.3) is 0 Å². The predicted molar refractivity (Wildman–Crippen MR) is 82.7 cm³/mol. The van der Waals surface area contributed by atoms with Crippen LogP contribution in [0.4, 0.5) is 0 Å². The highest BCUT2D eigenvalue weighted by Gasteiger charge is 2.03. The van der Waals surface area contributed by atoms with Crippen molar-refractivity contribution in [3.8, 4) is 5.75 Å². The van der Waals surface area contributed by atoms with E-state index in [9.17, 15) is 4.79 Å². The summed E-state index contributed by atoms with van der Waals surface area (Å²) in [5, 5.41) is 8.88. The Morgan fingerprint density at radius 2 is 1.90 bits per heavy atom. The molecule has 0 heterocycles. The second-order valence-electron chi connectivity index (χ2n) is 4.36. The van der Waals surface area contributed by atoms with Crippen LogP contribution in [0.2, 0.25) is 0 Å². The van der Waals surface area contributed by atoms with Gasteiger partial charge in [0, 0.05) is 4.47 Å². The molecule has 0 spiro atoms. The molecule has 4 nitrogen and oxygen atoms in total. The monoisotopic (exact) mass is 350 g/mol. The van der Waals surface area contributed by atoms with Crippen molar-refractivity contribution < 1.29 is 19.4 Å². The summed E-state index contributed by atoms with van der Waals surface area (Å²) in [5.74, 6) is -0.438. The van der Waals surface area contributed by atoms with Crippen LogP contribution in [0.1, 0.15) is 15.9 Å². The Balaban J connectivity index is 1.72. The van der Waals surface area contributed by atoms with E-state index >= 15 is 0 Å². The summed E-state index contributed by atoms with van der Waals surface area (Å²) in [4.78, 5) is 10.8. The van der Waals surface area contributed by atoms with Crippen LogP contribution in [-0.4, -0.2) is 24.3 Å². The Hall–Kier alpha value is -1.85. The van der Waals surface area contributed by atoms with E-state index in [1.54, 1.807) is 12.1 Å². The Morgan fingerprint density at radius 3 is 2.67 bits per heavy atom. The van der Waals surface area contributed by atoms with E-state index in [0.717, 1.165) is 10.0 Å². The molecule has 0 unspecified atom stereocenters. The zero-order valence-electron chi connectivity index (χ0n) is 11.3. The quantitative estimate of drug-likeness (QED) is 0.772. The van der Waals surface area contributed by atoms with Gasteiger partial charge >= 0.3 is 5.97 Å². The van der Waals surface area contributed by atoms with Gasteiger partial charge in [0.2, 0.25) is 0 Å². The van der Waals surface area contributed by atoms with Crippen LogP contribution >= 0.6 is 15.9 Å².